The van der Waals surface area contributed by atoms with Gasteiger partial charge in [-0.1, -0.05) is 47.6 Å². The zero-order valence-corrected chi connectivity index (χ0v) is 41.0. The number of hydrogen-bond acceptors (Lipinski definition) is 3. The summed E-state index contributed by atoms with van der Waals surface area (Å²) in [5.41, 5.74) is 17.2. The Balaban J connectivity index is 1.14. The molecule has 7 aromatic carbocycles. The van der Waals surface area contributed by atoms with Crippen LogP contribution in [0.5, 0.6) is 11.5 Å². The average Bonchev–Trinajstić information content (AvgIpc) is 3.61. The maximum atomic E-state index is 6.99. The van der Waals surface area contributed by atoms with Crippen LogP contribution in [0.15, 0.2) is 164 Å². The first-order valence-corrected chi connectivity index (χ1v) is 24.0. The number of benzene rings is 7. The van der Waals surface area contributed by atoms with E-state index in [9.17, 15) is 0 Å². The summed E-state index contributed by atoms with van der Waals surface area (Å²) in [4.78, 5) is 7.20. The van der Waals surface area contributed by atoms with Gasteiger partial charge in [0.1, 0.15) is 0 Å². The van der Waals surface area contributed by atoms with Crippen molar-refractivity contribution in [2.75, 3.05) is 11.4 Å². The second-order valence-electron chi connectivity index (χ2n) is 19.5. The fourth-order valence-electron chi connectivity index (χ4n) is 9.23. The second kappa shape index (κ2) is 17.3. The molecule has 0 saturated heterocycles. The molecule has 2 aromatic heterocycles. The van der Waals surface area contributed by atoms with Crippen LogP contribution in [0, 0.1) is 22.9 Å². The number of nitrogens with zero attached hydrogens (tertiary/aromatic N) is 4. The van der Waals surface area contributed by atoms with E-state index in [4.69, 9.17) is 9.72 Å². The third-order valence-corrected chi connectivity index (χ3v) is 13.7. The summed E-state index contributed by atoms with van der Waals surface area (Å²) in [5.74, 6) is 2.18. The van der Waals surface area contributed by atoms with Crippen LogP contribution in [0.2, 0.25) is 0 Å². The Bertz CT molecular complexity index is 3220. The summed E-state index contributed by atoms with van der Waals surface area (Å²) >= 11 is 2.49. The molecule has 1 aliphatic rings. The van der Waals surface area contributed by atoms with E-state index in [-0.39, 0.29) is 10.8 Å². The van der Waals surface area contributed by atoms with Crippen molar-refractivity contribution in [3.05, 3.63) is 202 Å². The van der Waals surface area contributed by atoms with Gasteiger partial charge in [0.15, 0.2) is 0 Å². The molecule has 66 heavy (non-hydrogen) atoms. The van der Waals surface area contributed by atoms with E-state index in [1.807, 2.05) is 12.3 Å². The van der Waals surface area contributed by atoms with Crippen molar-refractivity contribution in [1.82, 2.24) is 14.1 Å². The summed E-state index contributed by atoms with van der Waals surface area (Å²) in [7, 11) is 0. The van der Waals surface area contributed by atoms with Gasteiger partial charge in [0.2, 0.25) is 0 Å². The molecule has 0 spiro atoms. The van der Waals surface area contributed by atoms with Crippen LogP contribution in [0.4, 0.5) is 11.5 Å². The van der Waals surface area contributed by atoms with Crippen LogP contribution < -0.4 is 9.64 Å². The number of anilines is 2. The molecule has 332 valence electrons. The SMILES string of the molecule is Cc1ccnc(N2CCCc3c2[c-]c(Oc2[c-]c(-n4[c](=[Pt])n(-c5c(-c6ccccc6)cccc5-c5ccccc5)c5ccccc54)ccc2)cc3-c2cc(C(C)(C)C)cc(C(C)(C)C)c2)c1. The molecule has 0 unspecified atom stereocenters. The van der Waals surface area contributed by atoms with E-state index in [0.29, 0.717) is 11.5 Å². The predicted molar refractivity (Wildman–Crippen MR) is 268 cm³/mol. The molecule has 5 nitrogen and oxygen atoms in total. The fourth-order valence-corrected chi connectivity index (χ4v) is 10.3. The summed E-state index contributed by atoms with van der Waals surface area (Å²) in [6.45, 7) is 16.8. The first-order valence-electron chi connectivity index (χ1n) is 22.9. The average molecular weight is 1040 g/mol. The fraction of sp³-hybridized carbons (Fsp3) is 0.200. The van der Waals surface area contributed by atoms with Gasteiger partial charge in [-0.3, -0.25) is 0 Å². The number of ether oxygens (including phenoxy) is 1. The minimum atomic E-state index is -0.0334. The molecule has 6 heteroatoms. The van der Waals surface area contributed by atoms with Crippen molar-refractivity contribution < 1.29 is 24.1 Å². The molecular formula is C60H54N4OPt-2. The summed E-state index contributed by atoms with van der Waals surface area (Å²) < 4.78 is 12.7. The normalized spacial score (nSPS) is 13.0. The van der Waals surface area contributed by atoms with Gasteiger partial charge in [0.05, 0.1) is 0 Å². The number of aryl methyl sites for hydroxylation is 1. The van der Waals surface area contributed by atoms with Gasteiger partial charge in [-0.05, 0) is 29.4 Å². The molecule has 0 atom stereocenters. The Kier molecular flexibility index (Phi) is 11.4. The first kappa shape index (κ1) is 43.3. The third kappa shape index (κ3) is 8.31. The molecule has 10 rings (SSSR count). The minimum absolute atomic E-state index is 0.0334. The molecule has 0 N–H and O–H groups in total. The second-order valence-corrected chi connectivity index (χ2v) is 20.5. The molecule has 0 aliphatic carbocycles. The predicted octanol–water partition coefficient (Wildman–Crippen LogP) is 15.3. The van der Waals surface area contributed by atoms with E-state index in [1.165, 1.54) is 33.4 Å². The van der Waals surface area contributed by atoms with Gasteiger partial charge in [-0.25, -0.2) is 0 Å². The van der Waals surface area contributed by atoms with Crippen molar-refractivity contribution in [3.8, 4) is 56.3 Å². The molecule has 0 fully saturated rings. The van der Waals surface area contributed by atoms with Crippen LogP contribution in [-0.2, 0) is 36.6 Å². The van der Waals surface area contributed by atoms with Crippen molar-refractivity contribution in [2.24, 2.45) is 0 Å². The Morgan fingerprint density at radius 2 is 1.18 bits per heavy atom. The van der Waals surface area contributed by atoms with Crippen LogP contribution in [0.25, 0.3) is 55.8 Å². The van der Waals surface area contributed by atoms with E-state index in [2.05, 4.69) is 246 Å². The molecule has 0 saturated carbocycles. The Labute approximate surface area is 400 Å². The number of pyridine rings is 1. The number of fused-ring (bicyclic) bond motifs is 2. The molecule has 3 heterocycles. The Morgan fingerprint density at radius 1 is 0.576 bits per heavy atom. The van der Waals surface area contributed by atoms with E-state index in [0.717, 1.165) is 79.4 Å². The van der Waals surface area contributed by atoms with E-state index >= 15 is 0 Å². The van der Waals surface area contributed by atoms with Crippen LogP contribution in [0.3, 0.4) is 0 Å². The molecular weight excluding hydrogens is 988 g/mol. The molecule has 0 bridgehead atoms. The monoisotopic (exact) mass is 1040 g/mol. The molecule has 0 radical (unpaired) electrons. The Hall–Kier alpha value is -6.55. The van der Waals surface area contributed by atoms with E-state index < -0.39 is 0 Å². The quantitative estimate of drug-likeness (QED) is 0.142. The number of imidazole rings is 1. The number of para-hydroxylation sites is 3. The van der Waals surface area contributed by atoms with Gasteiger partial charge in [0, 0.05) is 6.20 Å². The summed E-state index contributed by atoms with van der Waals surface area (Å²) in [5, 5.41) is 0. The summed E-state index contributed by atoms with van der Waals surface area (Å²) in [6, 6.07) is 63.9. The first-order chi connectivity index (χ1) is 31.8. The van der Waals surface area contributed by atoms with Crippen molar-refractivity contribution in [2.45, 2.75) is 72.1 Å². The van der Waals surface area contributed by atoms with Gasteiger partial charge in [0.25, 0.3) is 0 Å². The number of aromatic nitrogens is 3. The van der Waals surface area contributed by atoms with Crippen LogP contribution in [0.1, 0.15) is 70.2 Å². The zero-order chi connectivity index (χ0) is 45.7. The van der Waals surface area contributed by atoms with Crippen LogP contribution in [-0.4, -0.2) is 20.7 Å². The van der Waals surface area contributed by atoms with Crippen molar-refractivity contribution >= 4 is 22.5 Å². The van der Waals surface area contributed by atoms with Gasteiger partial charge in [-0.2, -0.15) is 0 Å². The maximum absolute atomic E-state index is 6.99. The zero-order valence-electron chi connectivity index (χ0n) is 38.7. The van der Waals surface area contributed by atoms with Gasteiger partial charge < -0.3 is 0 Å². The molecule has 0 amide bonds. The van der Waals surface area contributed by atoms with Crippen molar-refractivity contribution in [1.29, 1.82) is 0 Å². The van der Waals surface area contributed by atoms with Crippen LogP contribution >= 0.6 is 0 Å². The third-order valence-electron chi connectivity index (χ3n) is 12.7. The van der Waals surface area contributed by atoms with Crippen molar-refractivity contribution in [3.63, 3.8) is 0 Å². The number of hydrogen-bond donors (Lipinski definition) is 0. The number of rotatable bonds is 8. The molecule has 1 aliphatic heterocycles. The summed E-state index contributed by atoms with van der Waals surface area (Å²) in [6.07, 6.45) is 3.85. The van der Waals surface area contributed by atoms with E-state index in [1.54, 1.807) is 0 Å². The van der Waals surface area contributed by atoms with Gasteiger partial charge in [-0.15, -0.1) is 0 Å². The topological polar surface area (TPSA) is 35.2 Å². The van der Waals surface area contributed by atoms with Gasteiger partial charge >= 0.3 is 320 Å². The standard InChI is InChI=1S/C60H54N4O.Pt/c1-41-30-31-61-57(33-41)62-32-18-27-52-53(44-34-45(59(2,3)4)36-46(35-44)60(5,6)7)38-49(39-56(52)62)65-48-24-16-23-47(37-48)63-40-64(55-29-15-14-28-54(55)63)58-50(42-19-10-8-11-20-42)25-17-26-51(58)43-21-12-9-13-22-43;/h8-17,19-26,28-31,33-36,38H,18,27,32H2,1-7H3;/q-2;. The molecule has 9 aromatic rings. The Morgan fingerprint density at radius 3 is 1.80 bits per heavy atom.